The third kappa shape index (κ3) is 3.20. The zero-order valence-corrected chi connectivity index (χ0v) is 16.3. The molecule has 0 fully saturated rings. The van der Waals surface area contributed by atoms with Gasteiger partial charge in [-0.25, -0.2) is 8.42 Å². The van der Waals surface area contributed by atoms with Gasteiger partial charge in [-0.3, -0.25) is 4.72 Å². The van der Waals surface area contributed by atoms with Crippen molar-refractivity contribution in [1.82, 2.24) is 0 Å². The van der Waals surface area contributed by atoms with Crippen molar-refractivity contribution >= 4 is 60.9 Å². The van der Waals surface area contributed by atoms with E-state index in [1.54, 1.807) is 12.1 Å². The van der Waals surface area contributed by atoms with Gasteiger partial charge in [0.25, 0.3) is 10.0 Å². The maximum absolute atomic E-state index is 12.8. The number of fused-ring (bicyclic) bond motifs is 3. The highest BCUT2D eigenvalue weighted by atomic mass is 35.5. The quantitative estimate of drug-likeness (QED) is 0.458. The second-order valence-corrected chi connectivity index (χ2v) is 8.32. The average Bonchev–Trinajstić information content (AvgIpc) is 2.97. The van der Waals surface area contributed by atoms with E-state index in [0.717, 1.165) is 10.8 Å². The van der Waals surface area contributed by atoms with Crippen LogP contribution in [0.4, 0.5) is 5.69 Å². The Morgan fingerprint density at radius 1 is 0.963 bits per heavy atom. The largest absolute Gasteiger partial charge is 0.495 e. The predicted molar refractivity (Wildman–Crippen MR) is 108 cm³/mol. The lowest BCUT2D eigenvalue weighted by atomic mass is 10.1. The molecule has 5 nitrogen and oxygen atoms in total. The van der Waals surface area contributed by atoms with Crippen LogP contribution in [0, 0.1) is 0 Å². The second-order valence-electron chi connectivity index (χ2n) is 5.83. The zero-order valence-electron chi connectivity index (χ0n) is 14.0. The number of benzene rings is 3. The normalized spacial score (nSPS) is 11.8. The third-order valence-corrected chi connectivity index (χ3v) is 6.21. The summed E-state index contributed by atoms with van der Waals surface area (Å²) in [6.45, 7) is 0. The standard InChI is InChI=1S/C19H13Cl2NO4S/c1-25-18-9-13-12-4-2-3-5-16(12)26-17(13)10-15(18)22-27(23,24)19-7-6-11(20)8-14(19)21/h2-10,22H,1H3. The van der Waals surface area contributed by atoms with Gasteiger partial charge >= 0.3 is 0 Å². The van der Waals surface area contributed by atoms with E-state index in [-0.39, 0.29) is 15.6 Å². The molecule has 138 valence electrons. The Hall–Kier alpha value is -2.41. The van der Waals surface area contributed by atoms with Crippen LogP contribution in [0.1, 0.15) is 0 Å². The van der Waals surface area contributed by atoms with Gasteiger partial charge in [-0.05, 0) is 30.3 Å². The fraction of sp³-hybridized carbons (Fsp3) is 0.0526. The lowest BCUT2D eigenvalue weighted by Crippen LogP contribution is -2.14. The summed E-state index contributed by atoms with van der Waals surface area (Å²) >= 11 is 11.9. The highest BCUT2D eigenvalue weighted by Gasteiger charge is 2.21. The smallest absolute Gasteiger partial charge is 0.263 e. The van der Waals surface area contributed by atoms with Crippen molar-refractivity contribution in [3.05, 3.63) is 64.6 Å². The van der Waals surface area contributed by atoms with E-state index >= 15 is 0 Å². The van der Waals surface area contributed by atoms with Gasteiger partial charge in [0.05, 0.1) is 17.8 Å². The van der Waals surface area contributed by atoms with E-state index in [2.05, 4.69) is 4.72 Å². The summed E-state index contributed by atoms with van der Waals surface area (Å²) < 4.78 is 39.3. The van der Waals surface area contributed by atoms with Crippen LogP contribution in [0.3, 0.4) is 0 Å². The molecule has 0 aliphatic heterocycles. The summed E-state index contributed by atoms with van der Waals surface area (Å²) in [7, 11) is -2.49. The van der Waals surface area contributed by atoms with Crippen LogP contribution >= 0.6 is 23.2 Å². The molecule has 1 aromatic heterocycles. The molecule has 0 spiro atoms. The molecule has 0 bridgehead atoms. The maximum Gasteiger partial charge on any atom is 0.263 e. The molecule has 3 aromatic carbocycles. The number of furan rings is 1. The lowest BCUT2D eigenvalue weighted by Gasteiger charge is -2.13. The molecule has 0 saturated carbocycles. The van der Waals surface area contributed by atoms with Gasteiger partial charge in [0, 0.05) is 21.9 Å². The van der Waals surface area contributed by atoms with Crippen molar-refractivity contribution in [2.75, 3.05) is 11.8 Å². The van der Waals surface area contributed by atoms with Crippen LogP contribution in [-0.2, 0) is 10.0 Å². The number of sulfonamides is 1. The van der Waals surface area contributed by atoms with Crippen LogP contribution in [0.5, 0.6) is 5.75 Å². The minimum absolute atomic E-state index is 0.0266. The average molecular weight is 422 g/mol. The van der Waals surface area contributed by atoms with Crippen molar-refractivity contribution in [2.45, 2.75) is 4.90 Å². The maximum atomic E-state index is 12.8. The van der Waals surface area contributed by atoms with Crippen molar-refractivity contribution in [3.8, 4) is 5.75 Å². The number of hydrogen-bond acceptors (Lipinski definition) is 4. The number of para-hydroxylation sites is 1. The second kappa shape index (κ2) is 6.64. The molecule has 4 aromatic rings. The van der Waals surface area contributed by atoms with Crippen LogP contribution in [-0.4, -0.2) is 15.5 Å². The molecule has 1 N–H and O–H groups in total. The molecule has 0 saturated heterocycles. The topological polar surface area (TPSA) is 68.5 Å². The van der Waals surface area contributed by atoms with Gasteiger partial charge in [-0.15, -0.1) is 0 Å². The Labute approximate surface area is 165 Å². The van der Waals surface area contributed by atoms with Gasteiger partial charge in [0.15, 0.2) is 0 Å². The van der Waals surface area contributed by atoms with Gasteiger partial charge in [-0.1, -0.05) is 41.4 Å². The number of halogens is 2. The van der Waals surface area contributed by atoms with E-state index in [9.17, 15) is 8.42 Å². The summed E-state index contributed by atoms with van der Waals surface area (Å²) in [4.78, 5) is -0.0830. The Kier molecular flexibility index (Phi) is 4.42. The molecule has 0 atom stereocenters. The third-order valence-electron chi connectivity index (χ3n) is 4.13. The molecule has 0 radical (unpaired) electrons. The van der Waals surface area contributed by atoms with Crippen molar-refractivity contribution in [1.29, 1.82) is 0 Å². The van der Waals surface area contributed by atoms with E-state index < -0.39 is 10.0 Å². The summed E-state index contributed by atoms with van der Waals surface area (Å²) in [6.07, 6.45) is 0. The molecule has 0 amide bonds. The van der Waals surface area contributed by atoms with Crippen LogP contribution < -0.4 is 9.46 Å². The fourth-order valence-corrected chi connectivity index (χ4v) is 4.73. The number of rotatable bonds is 4. The number of ether oxygens (including phenoxy) is 1. The summed E-state index contributed by atoms with van der Waals surface area (Å²) in [5.74, 6) is 0.364. The first-order valence-electron chi connectivity index (χ1n) is 7.86. The fourth-order valence-electron chi connectivity index (χ4n) is 2.89. The molecule has 8 heteroatoms. The van der Waals surface area contributed by atoms with Gasteiger partial charge in [0.2, 0.25) is 0 Å². The summed E-state index contributed by atoms with van der Waals surface area (Å²) in [5, 5.41) is 2.12. The summed E-state index contributed by atoms with van der Waals surface area (Å²) in [5.41, 5.74) is 1.49. The highest BCUT2D eigenvalue weighted by molar-refractivity contribution is 7.92. The molecular formula is C19H13Cl2NO4S. The van der Waals surface area contributed by atoms with Crippen LogP contribution in [0.2, 0.25) is 10.0 Å². The molecular weight excluding hydrogens is 409 g/mol. The van der Waals surface area contributed by atoms with Gasteiger partial charge in [-0.2, -0.15) is 0 Å². The summed E-state index contributed by atoms with van der Waals surface area (Å²) in [6, 6.07) is 15.1. The van der Waals surface area contributed by atoms with Crippen molar-refractivity contribution < 1.29 is 17.6 Å². The first-order valence-corrected chi connectivity index (χ1v) is 10.1. The van der Waals surface area contributed by atoms with Crippen molar-refractivity contribution in [3.63, 3.8) is 0 Å². The van der Waals surface area contributed by atoms with Gasteiger partial charge in [0.1, 0.15) is 21.8 Å². The van der Waals surface area contributed by atoms with E-state index in [0.29, 0.717) is 21.9 Å². The molecule has 4 rings (SSSR count). The molecule has 0 unspecified atom stereocenters. The van der Waals surface area contributed by atoms with Crippen LogP contribution in [0.15, 0.2) is 63.9 Å². The monoisotopic (exact) mass is 421 g/mol. The van der Waals surface area contributed by atoms with E-state index in [4.69, 9.17) is 32.4 Å². The highest BCUT2D eigenvalue weighted by Crippen LogP contribution is 2.37. The molecule has 27 heavy (non-hydrogen) atoms. The molecule has 0 aliphatic carbocycles. The SMILES string of the molecule is COc1cc2c(cc1NS(=O)(=O)c1ccc(Cl)cc1Cl)oc1ccccc12. The Balaban J connectivity index is 1.84. The number of anilines is 1. The zero-order chi connectivity index (χ0) is 19.2. The molecule has 0 aliphatic rings. The van der Waals surface area contributed by atoms with E-state index in [1.807, 2.05) is 24.3 Å². The number of methoxy groups -OCH3 is 1. The van der Waals surface area contributed by atoms with Crippen molar-refractivity contribution in [2.24, 2.45) is 0 Å². The predicted octanol–water partition coefficient (Wildman–Crippen LogP) is 5.70. The number of nitrogens with one attached hydrogen (secondary N) is 1. The van der Waals surface area contributed by atoms with E-state index in [1.165, 1.54) is 25.3 Å². The Bertz CT molecular complexity index is 1280. The first kappa shape index (κ1) is 18.0. The number of hydrogen-bond donors (Lipinski definition) is 1. The van der Waals surface area contributed by atoms with Gasteiger partial charge < -0.3 is 9.15 Å². The molecule has 1 heterocycles. The Morgan fingerprint density at radius 3 is 2.48 bits per heavy atom. The van der Waals surface area contributed by atoms with Crippen LogP contribution in [0.25, 0.3) is 21.9 Å². The Morgan fingerprint density at radius 2 is 1.74 bits per heavy atom. The first-order chi connectivity index (χ1) is 12.9. The minimum atomic E-state index is -3.95. The lowest BCUT2D eigenvalue weighted by molar-refractivity contribution is 0.417. The minimum Gasteiger partial charge on any atom is -0.495 e.